The van der Waals surface area contributed by atoms with Gasteiger partial charge < -0.3 is 4.74 Å². The maximum atomic E-state index is 5.37. The lowest BCUT2D eigenvalue weighted by Gasteiger charge is -2.44. The van der Waals surface area contributed by atoms with Crippen LogP contribution in [-0.4, -0.2) is 37.7 Å². The molecular weight excluding hydrogens is 210 g/mol. The smallest absolute Gasteiger partial charge is 0.0547 e. The Morgan fingerprint density at radius 2 is 2.12 bits per heavy atom. The van der Waals surface area contributed by atoms with E-state index < -0.39 is 0 Å². The Labute approximate surface area is 105 Å². The van der Waals surface area contributed by atoms with Crippen LogP contribution >= 0.6 is 0 Å². The molecule has 2 aliphatic heterocycles. The van der Waals surface area contributed by atoms with Gasteiger partial charge in [0, 0.05) is 12.0 Å². The summed E-state index contributed by atoms with van der Waals surface area (Å²) < 4.78 is 5.37. The Morgan fingerprint density at radius 3 is 2.65 bits per heavy atom. The van der Waals surface area contributed by atoms with Gasteiger partial charge in [-0.1, -0.05) is 18.6 Å². The van der Waals surface area contributed by atoms with Crippen molar-refractivity contribution < 1.29 is 4.74 Å². The van der Waals surface area contributed by atoms with Gasteiger partial charge in [-0.2, -0.15) is 0 Å². The van der Waals surface area contributed by atoms with Crippen LogP contribution in [0.25, 0.3) is 0 Å². The fourth-order valence-electron chi connectivity index (χ4n) is 3.29. The highest BCUT2D eigenvalue weighted by molar-refractivity contribution is 5.13. The second-order valence-corrected chi connectivity index (χ2v) is 6.52. The van der Waals surface area contributed by atoms with Crippen LogP contribution in [0.2, 0.25) is 0 Å². The number of allylic oxidation sites excluding steroid dienone is 1. The third-order valence-corrected chi connectivity index (χ3v) is 4.92. The summed E-state index contributed by atoms with van der Waals surface area (Å²) in [6.45, 7) is 8.27. The molecule has 0 unspecified atom stereocenters. The molecule has 0 aromatic rings. The van der Waals surface area contributed by atoms with E-state index in [1.165, 1.54) is 51.7 Å². The highest BCUT2D eigenvalue weighted by Gasteiger charge is 2.39. The standard InChI is InChI=1S/C15H25NO/c1-13-4-8-16(9-5-13)10-14-2-6-15(7-3-14)11-17-12-15/h2,13H,3-12H2,1H3. The summed E-state index contributed by atoms with van der Waals surface area (Å²) in [5.41, 5.74) is 2.25. The van der Waals surface area contributed by atoms with Crippen molar-refractivity contribution in [1.29, 1.82) is 0 Å². The molecule has 2 heteroatoms. The predicted molar refractivity (Wildman–Crippen MR) is 70.0 cm³/mol. The Balaban J connectivity index is 1.49. The number of hydrogen-bond donors (Lipinski definition) is 0. The number of ether oxygens (including phenoxy) is 1. The van der Waals surface area contributed by atoms with Gasteiger partial charge in [0.25, 0.3) is 0 Å². The average Bonchev–Trinajstić information content (AvgIpc) is 2.31. The van der Waals surface area contributed by atoms with Crippen molar-refractivity contribution in [1.82, 2.24) is 4.90 Å². The summed E-state index contributed by atoms with van der Waals surface area (Å²) >= 11 is 0. The molecule has 17 heavy (non-hydrogen) atoms. The van der Waals surface area contributed by atoms with Crippen LogP contribution in [0.5, 0.6) is 0 Å². The molecular formula is C15H25NO. The van der Waals surface area contributed by atoms with Gasteiger partial charge in [-0.3, -0.25) is 4.90 Å². The molecule has 2 fully saturated rings. The molecule has 2 saturated heterocycles. The number of nitrogens with zero attached hydrogens (tertiary/aromatic N) is 1. The molecule has 0 saturated carbocycles. The summed E-state index contributed by atoms with van der Waals surface area (Å²) in [4.78, 5) is 2.65. The molecule has 0 aromatic heterocycles. The fourth-order valence-corrected chi connectivity index (χ4v) is 3.29. The molecule has 3 rings (SSSR count). The van der Waals surface area contributed by atoms with Gasteiger partial charge >= 0.3 is 0 Å². The Kier molecular flexibility index (Phi) is 3.27. The summed E-state index contributed by atoms with van der Waals surface area (Å²) in [5, 5.41) is 0. The molecule has 0 amide bonds. The highest BCUT2D eigenvalue weighted by Crippen LogP contribution is 2.41. The largest absolute Gasteiger partial charge is 0.380 e. The second kappa shape index (κ2) is 4.74. The van der Waals surface area contributed by atoms with Crippen molar-refractivity contribution in [3.63, 3.8) is 0 Å². The van der Waals surface area contributed by atoms with E-state index in [1.54, 1.807) is 5.57 Å². The summed E-state index contributed by atoms with van der Waals surface area (Å²) in [6, 6.07) is 0. The predicted octanol–water partition coefficient (Wildman–Crippen LogP) is 2.85. The first-order chi connectivity index (χ1) is 8.26. The van der Waals surface area contributed by atoms with Gasteiger partial charge in [-0.05, 0) is 51.1 Å². The molecule has 2 nitrogen and oxygen atoms in total. The van der Waals surface area contributed by atoms with E-state index in [9.17, 15) is 0 Å². The van der Waals surface area contributed by atoms with E-state index in [4.69, 9.17) is 4.74 Å². The highest BCUT2D eigenvalue weighted by atomic mass is 16.5. The molecule has 1 aliphatic carbocycles. The lowest BCUT2D eigenvalue weighted by molar-refractivity contribution is -0.117. The van der Waals surface area contributed by atoms with Crippen LogP contribution in [0.4, 0.5) is 0 Å². The van der Waals surface area contributed by atoms with Crippen LogP contribution in [0.3, 0.4) is 0 Å². The molecule has 0 atom stereocenters. The molecule has 96 valence electrons. The zero-order valence-electron chi connectivity index (χ0n) is 11.1. The van der Waals surface area contributed by atoms with Crippen LogP contribution in [0.15, 0.2) is 11.6 Å². The fraction of sp³-hybridized carbons (Fsp3) is 0.867. The number of likely N-dealkylation sites (tertiary alicyclic amines) is 1. The SMILES string of the molecule is CC1CCN(CC2=CCC3(CC2)COC3)CC1. The maximum Gasteiger partial charge on any atom is 0.0547 e. The summed E-state index contributed by atoms with van der Waals surface area (Å²) in [7, 11) is 0. The van der Waals surface area contributed by atoms with Crippen molar-refractivity contribution in [3.05, 3.63) is 11.6 Å². The third-order valence-electron chi connectivity index (χ3n) is 4.92. The minimum absolute atomic E-state index is 0.555. The third kappa shape index (κ3) is 2.58. The van der Waals surface area contributed by atoms with E-state index in [0.29, 0.717) is 5.41 Å². The summed E-state index contributed by atoms with van der Waals surface area (Å²) in [6.07, 6.45) is 9.26. The topological polar surface area (TPSA) is 12.5 Å². The molecule has 0 aromatic carbocycles. The first kappa shape index (κ1) is 11.7. The second-order valence-electron chi connectivity index (χ2n) is 6.52. The van der Waals surface area contributed by atoms with Gasteiger partial charge in [0.1, 0.15) is 0 Å². The van der Waals surface area contributed by atoms with Crippen molar-refractivity contribution >= 4 is 0 Å². The first-order valence-corrected chi connectivity index (χ1v) is 7.24. The van der Waals surface area contributed by atoms with Crippen LogP contribution in [0, 0.1) is 11.3 Å². The monoisotopic (exact) mass is 235 g/mol. The van der Waals surface area contributed by atoms with Crippen molar-refractivity contribution in [3.8, 4) is 0 Å². The van der Waals surface area contributed by atoms with Crippen LogP contribution in [-0.2, 0) is 4.74 Å². The number of rotatable bonds is 2. The normalized spacial score (nSPS) is 30.1. The minimum atomic E-state index is 0.555. The van der Waals surface area contributed by atoms with Crippen LogP contribution < -0.4 is 0 Å². The zero-order chi connectivity index (χ0) is 11.7. The van der Waals surface area contributed by atoms with E-state index in [1.807, 2.05) is 0 Å². The lowest BCUT2D eigenvalue weighted by atomic mass is 9.73. The Morgan fingerprint density at radius 1 is 1.35 bits per heavy atom. The maximum absolute atomic E-state index is 5.37. The molecule has 3 aliphatic rings. The number of hydrogen-bond acceptors (Lipinski definition) is 2. The van der Waals surface area contributed by atoms with Crippen molar-refractivity contribution in [2.45, 2.75) is 39.0 Å². The van der Waals surface area contributed by atoms with Gasteiger partial charge in [0.15, 0.2) is 0 Å². The van der Waals surface area contributed by atoms with Crippen molar-refractivity contribution in [2.24, 2.45) is 11.3 Å². The molecule has 0 bridgehead atoms. The quantitative estimate of drug-likeness (QED) is 0.682. The van der Waals surface area contributed by atoms with E-state index >= 15 is 0 Å². The summed E-state index contributed by atoms with van der Waals surface area (Å²) in [5.74, 6) is 0.946. The molecule has 0 radical (unpaired) electrons. The Hall–Kier alpha value is -0.340. The molecule has 1 spiro atoms. The Bertz CT molecular complexity index is 298. The van der Waals surface area contributed by atoms with E-state index in [-0.39, 0.29) is 0 Å². The average molecular weight is 235 g/mol. The zero-order valence-corrected chi connectivity index (χ0v) is 11.1. The first-order valence-electron chi connectivity index (χ1n) is 7.24. The van der Waals surface area contributed by atoms with Crippen LogP contribution in [0.1, 0.15) is 39.0 Å². The van der Waals surface area contributed by atoms with Gasteiger partial charge in [-0.15, -0.1) is 0 Å². The number of piperidine rings is 1. The minimum Gasteiger partial charge on any atom is -0.380 e. The lowest BCUT2D eigenvalue weighted by Crippen LogP contribution is -2.44. The van der Waals surface area contributed by atoms with E-state index in [0.717, 1.165) is 19.1 Å². The van der Waals surface area contributed by atoms with Gasteiger partial charge in [-0.25, -0.2) is 0 Å². The van der Waals surface area contributed by atoms with E-state index in [2.05, 4.69) is 17.9 Å². The van der Waals surface area contributed by atoms with Gasteiger partial charge in [0.2, 0.25) is 0 Å². The molecule has 0 N–H and O–H groups in total. The molecule has 2 heterocycles. The van der Waals surface area contributed by atoms with Gasteiger partial charge in [0.05, 0.1) is 13.2 Å². The van der Waals surface area contributed by atoms with Crippen molar-refractivity contribution in [2.75, 3.05) is 32.8 Å².